The van der Waals surface area contributed by atoms with Crippen molar-refractivity contribution in [3.63, 3.8) is 0 Å². The van der Waals surface area contributed by atoms with Crippen molar-refractivity contribution < 1.29 is 24.2 Å². The number of para-hydroxylation sites is 1. The second-order valence-corrected chi connectivity index (χ2v) is 10.2. The normalized spacial score (nSPS) is 11.4. The van der Waals surface area contributed by atoms with Crippen LogP contribution in [0.4, 0.5) is 11.4 Å². The summed E-state index contributed by atoms with van der Waals surface area (Å²) < 4.78 is 5.91. The molecule has 0 aliphatic carbocycles. The summed E-state index contributed by atoms with van der Waals surface area (Å²) >= 11 is 6.01. The van der Waals surface area contributed by atoms with Gasteiger partial charge in [0.15, 0.2) is 5.78 Å². The molecule has 0 saturated heterocycles. The van der Waals surface area contributed by atoms with E-state index in [4.69, 9.17) is 16.3 Å². The van der Waals surface area contributed by atoms with Crippen molar-refractivity contribution in [2.75, 3.05) is 23.4 Å². The molecule has 1 atom stereocenters. The van der Waals surface area contributed by atoms with Gasteiger partial charge >= 0.3 is 5.97 Å². The van der Waals surface area contributed by atoms with E-state index in [-0.39, 0.29) is 24.7 Å². The van der Waals surface area contributed by atoms with Gasteiger partial charge in [0.05, 0.1) is 6.54 Å². The molecule has 216 valence electrons. The lowest BCUT2D eigenvalue weighted by atomic mass is 10.00. The monoisotopic (exact) mass is 584 g/mol. The molecule has 42 heavy (non-hydrogen) atoms. The largest absolute Gasteiger partial charge is 0.492 e. The van der Waals surface area contributed by atoms with Gasteiger partial charge in [-0.3, -0.25) is 9.59 Å². The number of carbonyl (C=O) groups is 3. The van der Waals surface area contributed by atoms with Gasteiger partial charge in [0.1, 0.15) is 18.4 Å². The van der Waals surface area contributed by atoms with E-state index >= 15 is 0 Å². The number of amides is 1. The number of nitrogens with one attached hydrogen (secondary N) is 1. The summed E-state index contributed by atoms with van der Waals surface area (Å²) in [6.45, 7) is 2.61. The van der Waals surface area contributed by atoms with Crippen LogP contribution in [0, 0.1) is 0 Å². The third-order valence-corrected chi connectivity index (χ3v) is 6.94. The quantitative estimate of drug-likeness (QED) is 0.157. The number of anilines is 2. The van der Waals surface area contributed by atoms with E-state index in [0.717, 1.165) is 17.7 Å². The predicted molar refractivity (Wildman–Crippen MR) is 166 cm³/mol. The maximum Gasteiger partial charge on any atom is 0.326 e. The molecule has 0 spiro atoms. The molecule has 8 heteroatoms. The topological polar surface area (TPSA) is 95.9 Å². The summed E-state index contributed by atoms with van der Waals surface area (Å²) in [7, 11) is 0. The van der Waals surface area contributed by atoms with E-state index in [0.29, 0.717) is 40.6 Å². The zero-order chi connectivity index (χ0) is 29.9. The number of carboxylic acids is 1. The van der Waals surface area contributed by atoms with E-state index in [2.05, 4.69) is 5.32 Å². The summed E-state index contributed by atoms with van der Waals surface area (Å²) in [5, 5.41) is 13.6. The van der Waals surface area contributed by atoms with Crippen molar-refractivity contribution in [2.45, 2.75) is 32.2 Å². The van der Waals surface area contributed by atoms with Gasteiger partial charge in [0.25, 0.3) is 0 Å². The number of carboxylic acid groups (broad SMARTS) is 1. The number of benzene rings is 4. The summed E-state index contributed by atoms with van der Waals surface area (Å²) in [5.41, 5.74) is 2.94. The Morgan fingerprint density at radius 3 is 2.21 bits per heavy atom. The molecular formula is C34H33ClN2O5. The maximum absolute atomic E-state index is 13.1. The van der Waals surface area contributed by atoms with Crippen molar-refractivity contribution in [1.29, 1.82) is 0 Å². The van der Waals surface area contributed by atoms with Gasteiger partial charge < -0.3 is 20.1 Å². The fourth-order valence-corrected chi connectivity index (χ4v) is 4.65. The van der Waals surface area contributed by atoms with Crippen molar-refractivity contribution in [3.8, 4) is 5.75 Å². The first-order valence-corrected chi connectivity index (χ1v) is 14.2. The minimum Gasteiger partial charge on any atom is -0.492 e. The highest BCUT2D eigenvalue weighted by atomic mass is 35.5. The number of aliphatic carboxylic acids is 1. The van der Waals surface area contributed by atoms with E-state index in [1.165, 1.54) is 0 Å². The molecule has 4 aromatic rings. The van der Waals surface area contributed by atoms with Crippen LogP contribution in [0.3, 0.4) is 0 Å². The lowest BCUT2D eigenvalue weighted by Gasteiger charge is -2.23. The lowest BCUT2D eigenvalue weighted by Crippen LogP contribution is -2.34. The van der Waals surface area contributed by atoms with Gasteiger partial charge in [0, 0.05) is 40.4 Å². The second kappa shape index (κ2) is 14.8. The molecule has 4 rings (SSSR count). The predicted octanol–water partition coefficient (Wildman–Crippen LogP) is 6.89. The molecule has 1 amide bonds. The highest BCUT2D eigenvalue weighted by molar-refractivity contribution is 6.30. The Hall–Kier alpha value is -4.62. The highest BCUT2D eigenvalue weighted by Gasteiger charge is 2.21. The van der Waals surface area contributed by atoms with Crippen LogP contribution in [0.1, 0.15) is 41.3 Å². The molecule has 0 saturated carbocycles. The molecule has 0 radical (unpaired) electrons. The van der Waals surface area contributed by atoms with Gasteiger partial charge in [-0.15, -0.1) is 0 Å². The number of hydrogen-bond acceptors (Lipinski definition) is 5. The van der Waals surface area contributed by atoms with Gasteiger partial charge in [-0.1, -0.05) is 73.1 Å². The molecule has 0 bridgehead atoms. The van der Waals surface area contributed by atoms with Gasteiger partial charge in [-0.05, 0) is 60.5 Å². The molecule has 7 nitrogen and oxygen atoms in total. The molecule has 2 N–H and O–H groups in total. The van der Waals surface area contributed by atoms with Gasteiger partial charge in [0.2, 0.25) is 5.91 Å². The molecule has 0 aliphatic rings. The van der Waals surface area contributed by atoms with Crippen LogP contribution in [0.15, 0.2) is 103 Å². The number of rotatable bonds is 14. The number of carbonyl (C=O) groups excluding carboxylic acids is 2. The second-order valence-electron chi connectivity index (χ2n) is 9.74. The molecule has 0 aliphatic heterocycles. The summed E-state index contributed by atoms with van der Waals surface area (Å²) in [6, 6.07) is 29.1. The Morgan fingerprint density at radius 2 is 1.55 bits per heavy atom. The van der Waals surface area contributed by atoms with E-state index in [9.17, 15) is 19.5 Å². The molecule has 0 fully saturated rings. The van der Waals surface area contributed by atoms with Crippen LogP contribution in [-0.4, -0.2) is 42.0 Å². The first kappa shape index (κ1) is 30.3. The Bertz CT molecular complexity index is 1490. The van der Waals surface area contributed by atoms with Crippen LogP contribution in [0.2, 0.25) is 5.02 Å². The van der Waals surface area contributed by atoms with Crippen LogP contribution in [0.5, 0.6) is 5.75 Å². The van der Waals surface area contributed by atoms with Crippen LogP contribution in [-0.2, 0) is 16.0 Å². The Kier molecular flexibility index (Phi) is 10.7. The summed E-state index contributed by atoms with van der Waals surface area (Å²) in [5.74, 6) is -0.596. The fraction of sp³-hybridized carbons (Fsp3) is 0.206. The number of halogens is 1. The molecule has 4 aromatic carbocycles. The number of hydrogen-bond donors (Lipinski definition) is 2. The van der Waals surface area contributed by atoms with Crippen molar-refractivity contribution in [3.05, 3.63) is 125 Å². The van der Waals surface area contributed by atoms with Crippen molar-refractivity contribution in [1.82, 2.24) is 0 Å². The molecule has 0 aromatic heterocycles. The minimum atomic E-state index is -1.03. The van der Waals surface area contributed by atoms with E-state index in [1.807, 2.05) is 37.3 Å². The zero-order valence-corrected chi connectivity index (χ0v) is 24.1. The van der Waals surface area contributed by atoms with Crippen molar-refractivity contribution in [2.24, 2.45) is 0 Å². The third-order valence-electron chi connectivity index (χ3n) is 6.69. The lowest BCUT2D eigenvalue weighted by molar-refractivity contribution is -0.137. The Morgan fingerprint density at radius 1 is 0.881 bits per heavy atom. The van der Waals surface area contributed by atoms with E-state index in [1.54, 1.807) is 77.7 Å². The number of ether oxygens (including phenoxy) is 1. The van der Waals surface area contributed by atoms with Gasteiger partial charge in [-0.2, -0.15) is 0 Å². The van der Waals surface area contributed by atoms with E-state index < -0.39 is 12.0 Å². The first-order chi connectivity index (χ1) is 20.4. The molecule has 0 heterocycles. The summed E-state index contributed by atoms with van der Waals surface area (Å²) in [4.78, 5) is 39.6. The third kappa shape index (κ3) is 8.21. The highest BCUT2D eigenvalue weighted by Crippen LogP contribution is 2.23. The standard InChI is InChI=1S/C34H33ClN2O5/c1-2-8-32(38)37(27-17-15-26(35)16-18-27)21-22-42-28-19-13-24(14-20-28)23-31(34(40)41)36-30-12-7-6-11-29(30)33(39)25-9-4-3-5-10-25/h3-7,9-20,31,36H,2,8,21-23H2,1H3,(H,40,41)/t31-/m0/s1. The maximum atomic E-state index is 13.1. The van der Waals surface area contributed by atoms with Crippen LogP contribution in [0.25, 0.3) is 0 Å². The Labute approximate surface area is 250 Å². The van der Waals surface area contributed by atoms with Crippen LogP contribution < -0.4 is 15.0 Å². The first-order valence-electron chi connectivity index (χ1n) is 13.8. The molecular weight excluding hydrogens is 552 g/mol. The average Bonchev–Trinajstić information content (AvgIpc) is 3.01. The smallest absolute Gasteiger partial charge is 0.326 e. The number of nitrogens with zero attached hydrogens (tertiary/aromatic N) is 1. The Balaban J connectivity index is 1.38. The minimum absolute atomic E-state index is 0.0121. The molecule has 0 unspecified atom stereocenters. The fourth-order valence-electron chi connectivity index (χ4n) is 4.52. The SMILES string of the molecule is CCCC(=O)N(CCOc1ccc(C[C@H](Nc2ccccc2C(=O)c2ccccc2)C(=O)O)cc1)c1ccc(Cl)cc1. The van der Waals surface area contributed by atoms with Crippen LogP contribution >= 0.6 is 11.6 Å². The zero-order valence-electron chi connectivity index (χ0n) is 23.3. The van der Waals surface area contributed by atoms with Gasteiger partial charge in [-0.25, -0.2) is 4.79 Å². The summed E-state index contributed by atoms with van der Waals surface area (Å²) in [6.07, 6.45) is 1.37. The number of ketones is 1. The average molecular weight is 585 g/mol. The van der Waals surface area contributed by atoms with Crippen molar-refractivity contribution >= 4 is 40.6 Å².